The van der Waals surface area contributed by atoms with Gasteiger partial charge in [0.1, 0.15) is 0 Å². The molecule has 0 fully saturated rings. The second-order valence-corrected chi connectivity index (χ2v) is 27.9. The first-order valence-electron chi connectivity index (χ1n) is 37.7. The maximum atomic E-state index is 3.57. The molecule has 0 heterocycles. The van der Waals surface area contributed by atoms with E-state index in [1.165, 1.54) is 132 Å². The molecular formula is C105H87N5. The molecule has 19 aromatic rings. The Labute approximate surface area is 646 Å². The van der Waals surface area contributed by atoms with Gasteiger partial charge in [0.25, 0.3) is 0 Å². The monoisotopic (exact) mass is 1420 g/mol. The SMILES string of the molecule is Cc1ccc(N(c2ccccc2)c2cccc3ccccc23)cc1.Cc1ccc(N(c2ccccc2)c2ccccc2)cc1.Cc1ccc(Nc2cc3ccccc3c3ccccc23)cc1.Cc1ccc(Nc2ccc3ccc4ccccc4c3c2)cc1.Cc1ccc(Nc2cccc3ccc4ccccc4c23)cc1. The van der Waals surface area contributed by atoms with E-state index in [2.05, 4.69) is 467 Å². The quantitative estimate of drug-likeness (QED) is 0.106. The van der Waals surface area contributed by atoms with Crippen molar-refractivity contribution in [3.63, 3.8) is 0 Å². The number of rotatable bonds is 12. The van der Waals surface area contributed by atoms with Crippen LogP contribution in [0.2, 0.25) is 0 Å². The number of para-hydroxylation sites is 3. The normalized spacial score (nSPS) is 10.8. The molecule has 0 radical (unpaired) electrons. The largest absolute Gasteiger partial charge is 0.356 e. The van der Waals surface area contributed by atoms with Gasteiger partial charge in [0.05, 0.1) is 5.69 Å². The van der Waals surface area contributed by atoms with E-state index in [0.717, 1.165) is 39.8 Å². The van der Waals surface area contributed by atoms with E-state index in [0.29, 0.717) is 0 Å². The maximum Gasteiger partial charge on any atom is 0.0540 e. The molecule has 0 saturated heterocycles. The van der Waals surface area contributed by atoms with Crippen LogP contribution in [-0.2, 0) is 0 Å². The summed E-state index contributed by atoms with van der Waals surface area (Å²) in [6, 6.07) is 147. The predicted molar refractivity (Wildman–Crippen MR) is 477 cm³/mol. The Morgan fingerprint density at radius 1 is 0.173 bits per heavy atom. The first kappa shape index (κ1) is 71.6. The summed E-state index contributed by atoms with van der Waals surface area (Å²) >= 11 is 0. The van der Waals surface area contributed by atoms with Gasteiger partial charge in [-0.3, -0.25) is 0 Å². The van der Waals surface area contributed by atoms with Gasteiger partial charge in [-0.15, -0.1) is 0 Å². The fourth-order valence-electron chi connectivity index (χ4n) is 14.2. The zero-order valence-corrected chi connectivity index (χ0v) is 62.7. The van der Waals surface area contributed by atoms with Crippen molar-refractivity contribution in [1.29, 1.82) is 0 Å². The Morgan fingerprint density at radius 3 is 1.02 bits per heavy atom. The van der Waals surface area contributed by atoms with Gasteiger partial charge in [0, 0.05) is 78.7 Å². The van der Waals surface area contributed by atoms with Crippen molar-refractivity contribution < 1.29 is 0 Å². The number of hydrogen-bond acceptors (Lipinski definition) is 5. The van der Waals surface area contributed by atoms with Crippen LogP contribution in [0.25, 0.3) is 75.4 Å². The predicted octanol–water partition coefficient (Wildman–Crippen LogP) is 30.2. The summed E-state index contributed by atoms with van der Waals surface area (Å²) in [6.45, 7) is 10.5. The summed E-state index contributed by atoms with van der Waals surface area (Å²) in [5.74, 6) is 0. The molecule has 0 amide bonds. The number of nitrogens with one attached hydrogen (secondary N) is 3. The zero-order chi connectivity index (χ0) is 75.0. The molecule has 110 heavy (non-hydrogen) atoms. The highest BCUT2D eigenvalue weighted by molar-refractivity contribution is 6.15. The minimum Gasteiger partial charge on any atom is -0.356 e. The molecule has 0 spiro atoms. The fraction of sp³-hybridized carbons (Fsp3) is 0.0476. The lowest BCUT2D eigenvalue weighted by molar-refractivity contribution is 1.27. The third-order valence-corrected chi connectivity index (χ3v) is 19.9. The maximum absolute atomic E-state index is 3.57. The second-order valence-electron chi connectivity index (χ2n) is 27.9. The molecule has 5 heteroatoms. The number of nitrogens with zero attached hydrogens (tertiary/aromatic N) is 2. The number of benzene rings is 19. The summed E-state index contributed by atoms with van der Waals surface area (Å²) in [7, 11) is 0. The molecule has 0 saturated carbocycles. The van der Waals surface area contributed by atoms with E-state index < -0.39 is 0 Å². The molecule has 5 nitrogen and oxygen atoms in total. The van der Waals surface area contributed by atoms with E-state index >= 15 is 0 Å². The molecule has 0 unspecified atom stereocenters. The number of anilines is 12. The minimum atomic E-state index is 1.12. The summed E-state index contributed by atoms with van der Waals surface area (Å²) in [6.07, 6.45) is 0. The highest BCUT2D eigenvalue weighted by atomic mass is 15.1. The highest BCUT2D eigenvalue weighted by Gasteiger charge is 2.16. The van der Waals surface area contributed by atoms with Crippen LogP contribution >= 0.6 is 0 Å². The van der Waals surface area contributed by atoms with E-state index in [-0.39, 0.29) is 0 Å². The van der Waals surface area contributed by atoms with Crippen molar-refractivity contribution in [2.75, 3.05) is 25.8 Å². The van der Waals surface area contributed by atoms with Crippen molar-refractivity contribution in [3.8, 4) is 0 Å². The van der Waals surface area contributed by atoms with E-state index in [4.69, 9.17) is 0 Å². The topological polar surface area (TPSA) is 42.6 Å². The van der Waals surface area contributed by atoms with Crippen LogP contribution in [0.4, 0.5) is 68.2 Å². The number of hydrogen-bond donors (Lipinski definition) is 3. The van der Waals surface area contributed by atoms with Gasteiger partial charge >= 0.3 is 0 Å². The first-order valence-corrected chi connectivity index (χ1v) is 37.7. The van der Waals surface area contributed by atoms with Crippen LogP contribution < -0.4 is 25.8 Å². The molecule has 0 bridgehead atoms. The van der Waals surface area contributed by atoms with Gasteiger partial charge in [-0.1, -0.05) is 319 Å². The van der Waals surface area contributed by atoms with E-state index in [1.54, 1.807) is 0 Å². The third kappa shape index (κ3) is 17.1. The van der Waals surface area contributed by atoms with Crippen LogP contribution in [0.1, 0.15) is 27.8 Å². The molecular weight excluding hydrogens is 1330 g/mol. The average molecular weight is 1420 g/mol. The lowest BCUT2D eigenvalue weighted by Gasteiger charge is -2.26. The van der Waals surface area contributed by atoms with Crippen molar-refractivity contribution >= 4 is 144 Å². The first-order chi connectivity index (χ1) is 54.1. The smallest absolute Gasteiger partial charge is 0.0540 e. The van der Waals surface area contributed by atoms with Crippen LogP contribution in [-0.4, -0.2) is 0 Å². The van der Waals surface area contributed by atoms with Crippen LogP contribution in [0.5, 0.6) is 0 Å². The van der Waals surface area contributed by atoms with Gasteiger partial charge < -0.3 is 25.8 Å². The van der Waals surface area contributed by atoms with E-state index in [1.807, 2.05) is 12.1 Å². The Balaban J connectivity index is 0.000000109. The van der Waals surface area contributed by atoms with Gasteiger partial charge in [-0.2, -0.15) is 0 Å². The van der Waals surface area contributed by atoms with Gasteiger partial charge in [0.2, 0.25) is 0 Å². The Morgan fingerprint density at radius 2 is 0.491 bits per heavy atom. The summed E-state index contributed by atoms with van der Waals surface area (Å²) in [5, 5.41) is 28.5. The molecule has 0 atom stereocenters. The molecule has 0 aliphatic carbocycles. The van der Waals surface area contributed by atoms with Crippen LogP contribution in [0.3, 0.4) is 0 Å². The van der Waals surface area contributed by atoms with E-state index in [9.17, 15) is 0 Å². The molecule has 3 N–H and O–H groups in total. The molecule has 0 aromatic heterocycles. The van der Waals surface area contributed by atoms with Crippen molar-refractivity contribution in [1.82, 2.24) is 0 Å². The average Bonchev–Trinajstić information content (AvgIpc) is 0.781. The minimum absolute atomic E-state index is 1.12. The van der Waals surface area contributed by atoms with Crippen molar-refractivity contribution in [2.24, 2.45) is 0 Å². The Kier molecular flexibility index (Phi) is 22.2. The van der Waals surface area contributed by atoms with Crippen LogP contribution in [0, 0.1) is 34.6 Å². The van der Waals surface area contributed by atoms with Crippen molar-refractivity contribution in [2.45, 2.75) is 34.6 Å². The third-order valence-electron chi connectivity index (χ3n) is 19.9. The molecule has 0 aliphatic heterocycles. The summed E-state index contributed by atoms with van der Waals surface area (Å²) < 4.78 is 0. The fourth-order valence-corrected chi connectivity index (χ4v) is 14.2. The standard InChI is InChI=1S/C23H19N.3C21H17N.C19H17N/c1-18-14-16-21(17-15-18)24(20-10-3-2-4-11-20)23-13-7-9-19-8-5-6-12-22(19)23;1-15-10-12-17(13-11-15)22-21-14-16-6-2-3-7-18(16)19-8-4-5-9-20(19)21;1-15-9-13-18(14-10-15)22-20-8-4-6-17-12-11-16-5-2-3-7-19(16)21(17)20;1-15-6-11-18(12-7-15)22-19-13-10-17-9-8-16-4-2-3-5-20(16)21(17)14-19;1-16-12-14-19(15-13-16)20(17-8-4-2-5-9-17)18-10-6-3-7-11-18/h2-17H,1H3;3*2-14,22H,1H3;2-15H,1H3. The Bertz CT molecular complexity index is 6150. The summed E-state index contributed by atoms with van der Waals surface area (Å²) in [4.78, 5) is 4.58. The van der Waals surface area contributed by atoms with Gasteiger partial charge in [-0.05, 0) is 221 Å². The highest BCUT2D eigenvalue weighted by Crippen LogP contribution is 2.41. The lowest BCUT2D eigenvalue weighted by atomic mass is 10.00. The molecule has 532 valence electrons. The molecule has 19 aromatic carbocycles. The number of aryl methyl sites for hydroxylation is 5. The van der Waals surface area contributed by atoms with Gasteiger partial charge in [-0.25, -0.2) is 0 Å². The van der Waals surface area contributed by atoms with Crippen LogP contribution in [0.15, 0.2) is 419 Å². The zero-order valence-electron chi connectivity index (χ0n) is 62.7. The lowest BCUT2D eigenvalue weighted by Crippen LogP contribution is -2.10. The Hall–Kier alpha value is -14.0. The number of fused-ring (bicyclic) bond motifs is 10. The molecule has 19 rings (SSSR count). The molecule has 0 aliphatic rings. The summed E-state index contributed by atoms with van der Waals surface area (Å²) in [5.41, 5.74) is 20.2. The second kappa shape index (κ2) is 34.1. The van der Waals surface area contributed by atoms with Crippen molar-refractivity contribution in [3.05, 3.63) is 446 Å². The van der Waals surface area contributed by atoms with Gasteiger partial charge in [0.15, 0.2) is 0 Å².